The third kappa shape index (κ3) is 13.9. The first kappa shape index (κ1) is 30.0. The second kappa shape index (κ2) is 16.6. The number of hydrogen-bond donors (Lipinski definition) is 8. The van der Waals surface area contributed by atoms with Gasteiger partial charge in [-0.25, -0.2) is 0 Å². The first-order valence-corrected chi connectivity index (χ1v) is 11.2. The van der Waals surface area contributed by atoms with Gasteiger partial charge < -0.3 is 38.5 Å². The van der Waals surface area contributed by atoms with Gasteiger partial charge in [-0.2, -0.15) is 12.6 Å². The fraction of sp³-hybridized carbons (Fsp3) is 0.684. The number of carbonyl (C=O) groups excluding carboxylic acids is 5. The molecule has 0 spiro atoms. The number of amides is 5. The van der Waals surface area contributed by atoms with E-state index >= 15 is 0 Å². The van der Waals surface area contributed by atoms with Gasteiger partial charge in [0.25, 0.3) is 0 Å². The Morgan fingerprint density at radius 3 is 2.03 bits per heavy atom. The zero-order chi connectivity index (χ0) is 25.4. The topological polar surface area (TPSA) is 224 Å². The van der Waals surface area contributed by atoms with Crippen molar-refractivity contribution in [3.05, 3.63) is 0 Å². The van der Waals surface area contributed by atoms with Crippen molar-refractivity contribution in [3.63, 3.8) is 0 Å². The quantitative estimate of drug-likeness (QED) is 0.0493. The molecule has 0 aliphatic rings. The molecule has 33 heavy (non-hydrogen) atoms. The lowest BCUT2D eigenvalue weighted by Gasteiger charge is -2.22. The van der Waals surface area contributed by atoms with Gasteiger partial charge in [0.05, 0.1) is 6.54 Å². The van der Waals surface area contributed by atoms with E-state index in [0.717, 1.165) is 6.42 Å². The summed E-state index contributed by atoms with van der Waals surface area (Å²) in [6.07, 6.45) is 2.57. The van der Waals surface area contributed by atoms with Gasteiger partial charge in [-0.05, 0) is 19.3 Å². The number of nitrogens with two attached hydrogens (primary N) is 3. The first-order chi connectivity index (χ1) is 15.5. The average Bonchev–Trinajstić information content (AvgIpc) is 2.74. The molecule has 0 aromatic carbocycles. The van der Waals surface area contributed by atoms with E-state index in [4.69, 9.17) is 17.2 Å². The summed E-state index contributed by atoms with van der Waals surface area (Å²) in [5, 5.41) is 9.86. The van der Waals surface area contributed by atoms with Crippen LogP contribution in [-0.2, 0) is 24.0 Å². The van der Waals surface area contributed by atoms with Crippen molar-refractivity contribution in [1.82, 2.24) is 21.3 Å². The van der Waals surface area contributed by atoms with Crippen molar-refractivity contribution >= 4 is 48.1 Å². The van der Waals surface area contributed by atoms with Crippen molar-refractivity contribution < 1.29 is 24.0 Å². The molecule has 0 aliphatic carbocycles. The van der Waals surface area contributed by atoms with Crippen molar-refractivity contribution in [2.75, 3.05) is 18.8 Å². The lowest BCUT2D eigenvalue weighted by molar-refractivity contribution is -0.132. The normalized spacial score (nSPS) is 13.1. The van der Waals surface area contributed by atoms with Crippen LogP contribution in [0, 0.1) is 0 Å². The molecule has 10 N–H and O–H groups in total. The van der Waals surface area contributed by atoms with Gasteiger partial charge >= 0.3 is 0 Å². The van der Waals surface area contributed by atoms with Crippen LogP contribution in [0.25, 0.3) is 0 Å². The van der Waals surface area contributed by atoms with Crippen molar-refractivity contribution in [3.8, 4) is 0 Å². The van der Waals surface area contributed by atoms with Crippen LogP contribution >= 0.6 is 12.6 Å². The van der Waals surface area contributed by atoms with E-state index < -0.39 is 54.2 Å². The zero-order valence-electron chi connectivity index (χ0n) is 19.1. The van der Waals surface area contributed by atoms with Crippen molar-refractivity contribution in [1.29, 1.82) is 0 Å². The maximum Gasteiger partial charge on any atom is 0.243 e. The van der Waals surface area contributed by atoms with Crippen molar-refractivity contribution in [2.45, 2.75) is 64.1 Å². The molecule has 3 atom stereocenters. The summed E-state index contributed by atoms with van der Waals surface area (Å²) in [7, 11) is 0. The van der Waals surface area contributed by atoms with Gasteiger partial charge in [0.2, 0.25) is 29.5 Å². The molecule has 188 valence electrons. The monoisotopic (exact) mass is 488 g/mol. The lowest BCUT2D eigenvalue weighted by Crippen LogP contribution is -2.55. The van der Waals surface area contributed by atoms with E-state index in [1.54, 1.807) is 0 Å². The number of nitrogens with zero attached hydrogens (tertiary/aromatic N) is 1. The van der Waals surface area contributed by atoms with E-state index in [9.17, 15) is 24.0 Å². The highest BCUT2D eigenvalue weighted by molar-refractivity contribution is 7.80. The summed E-state index contributed by atoms with van der Waals surface area (Å²) < 4.78 is 0. The number of unbranched alkanes of at least 4 members (excludes halogenated alkanes) is 1. The lowest BCUT2D eigenvalue weighted by atomic mass is 10.1. The maximum atomic E-state index is 12.6. The number of hydrogen-bond acceptors (Lipinski definition) is 7. The number of rotatable bonds is 16. The molecule has 0 saturated carbocycles. The Bertz CT molecular complexity index is 714. The van der Waals surface area contributed by atoms with Crippen LogP contribution in [0.2, 0.25) is 0 Å². The Kier molecular flexibility index (Phi) is 15.1. The summed E-state index contributed by atoms with van der Waals surface area (Å²) in [6.45, 7) is 3.05. The molecule has 0 rings (SSSR count). The second-order valence-corrected chi connectivity index (χ2v) is 7.69. The van der Waals surface area contributed by atoms with Crippen LogP contribution < -0.4 is 38.5 Å². The SMILES string of the molecule is CCCC[C@H](NC(=O)CNC(=O)[C@H](CS)NC(=O)[C@H](CCCN=C(N)N)NC(C)=O)C(N)=O. The minimum atomic E-state index is -1.06. The zero-order valence-corrected chi connectivity index (χ0v) is 20.0. The van der Waals surface area contributed by atoms with Crippen LogP contribution in [0.4, 0.5) is 0 Å². The van der Waals surface area contributed by atoms with Gasteiger partial charge in [-0.15, -0.1) is 0 Å². The van der Waals surface area contributed by atoms with E-state index in [2.05, 4.69) is 38.9 Å². The van der Waals surface area contributed by atoms with Crippen LogP contribution in [0.5, 0.6) is 0 Å². The average molecular weight is 489 g/mol. The summed E-state index contributed by atoms with van der Waals surface area (Å²) in [4.78, 5) is 63.7. The molecular formula is C19H36N8O5S. The van der Waals surface area contributed by atoms with Gasteiger partial charge in [0, 0.05) is 19.2 Å². The molecular weight excluding hydrogens is 452 g/mol. The van der Waals surface area contributed by atoms with Crippen LogP contribution in [0.15, 0.2) is 4.99 Å². The minimum absolute atomic E-state index is 0.0552. The molecule has 0 unspecified atom stereocenters. The molecule has 0 heterocycles. The molecule has 0 radical (unpaired) electrons. The fourth-order valence-corrected chi connectivity index (χ4v) is 2.97. The Balaban J connectivity index is 4.83. The Morgan fingerprint density at radius 1 is 0.879 bits per heavy atom. The largest absolute Gasteiger partial charge is 0.370 e. The third-order valence-electron chi connectivity index (χ3n) is 4.40. The van der Waals surface area contributed by atoms with Crippen LogP contribution in [-0.4, -0.2) is 72.5 Å². The Labute approximate surface area is 198 Å². The predicted molar refractivity (Wildman–Crippen MR) is 127 cm³/mol. The summed E-state index contributed by atoms with van der Waals surface area (Å²) in [5.74, 6) is -3.07. The van der Waals surface area contributed by atoms with Crippen molar-refractivity contribution in [2.24, 2.45) is 22.2 Å². The molecule has 13 nitrogen and oxygen atoms in total. The number of carbonyl (C=O) groups is 5. The second-order valence-electron chi connectivity index (χ2n) is 7.33. The van der Waals surface area contributed by atoms with Gasteiger partial charge in [0.15, 0.2) is 5.96 Å². The minimum Gasteiger partial charge on any atom is -0.370 e. The van der Waals surface area contributed by atoms with Gasteiger partial charge in [0.1, 0.15) is 18.1 Å². The molecule has 14 heteroatoms. The smallest absolute Gasteiger partial charge is 0.243 e. The van der Waals surface area contributed by atoms with E-state index in [1.807, 2.05) is 6.92 Å². The highest BCUT2D eigenvalue weighted by Crippen LogP contribution is 2.02. The van der Waals surface area contributed by atoms with E-state index in [-0.39, 0.29) is 24.7 Å². The van der Waals surface area contributed by atoms with Gasteiger partial charge in [-0.1, -0.05) is 19.8 Å². The Hall–Kier alpha value is -3.03. The standard InChI is InChI=1S/C19H36N8O5S/c1-3-4-6-12(16(20)30)26-15(29)9-24-17(31)14(10-33)27-18(32)13(25-11(2)28)7-5-8-23-19(21)22/h12-14,33H,3-10H2,1-2H3,(H2,20,30)(H,24,31)(H,25,28)(H,26,29)(H,27,32)(H4,21,22,23)/t12-,13-,14-/m0/s1. The van der Waals surface area contributed by atoms with E-state index in [1.165, 1.54) is 6.92 Å². The molecule has 0 aromatic heterocycles. The number of primary amides is 1. The molecule has 0 saturated heterocycles. The fourth-order valence-electron chi connectivity index (χ4n) is 2.71. The maximum absolute atomic E-state index is 12.6. The third-order valence-corrected chi connectivity index (χ3v) is 4.77. The summed E-state index contributed by atoms with van der Waals surface area (Å²) in [6, 6.07) is -2.80. The molecule has 0 aromatic rings. The first-order valence-electron chi connectivity index (χ1n) is 10.6. The molecule has 0 fully saturated rings. The highest BCUT2D eigenvalue weighted by Gasteiger charge is 2.26. The number of nitrogens with one attached hydrogen (secondary N) is 4. The van der Waals surface area contributed by atoms with Gasteiger partial charge in [-0.3, -0.25) is 29.0 Å². The summed E-state index contributed by atoms with van der Waals surface area (Å²) >= 11 is 4.07. The Morgan fingerprint density at radius 2 is 1.52 bits per heavy atom. The van der Waals surface area contributed by atoms with Crippen LogP contribution in [0.3, 0.4) is 0 Å². The number of thiol groups is 1. The summed E-state index contributed by atoms with van der Waals surface area (Å²) in [5.41, 5.74) is 15.8. The molecule has 0 bridgehead atoms. The number of aliphatic imine (C=N–C) groups is 1. The molecule has 5 amide bonds. The predicted octanol–water partition coefficient (Wildman–Crippen LogP) is -2.76. The van der Waals surface area contributed by atoms with Crippen LogP contribution in [0.1, 0.15) is 46.0 Å². The molecule has 0 aliphatic heterocycles. The number of guanidine groups is 1. The highest BCUT2D eigenvalue weighted by atomic mass is 32.1. The van der Waals surface area contributed by atoms with E-state index in [0.29, 0.717) is 19.3 Å².